The van der Waals surface area contributed by atoms with Gasteiger partial charge in [-0.05, 0) is 113 Å². The van der Waals surface area contributed by atoms with Crippen LogP contribution in [-0.4, -0.2) is 24.5 Å². The summed E-state index contributed by atoms with van der Waals surface area (Å²) >= 11 is 0. The minimum Gasteiger partial charge on any atom is -0.456 e. The normalized spacial score (nSPS) is 11.6. The Kier molecular flexibility index (Phi) is 6.39. The largest absolute Gasteiger partial charge is 0.456 e. The van der Waals surface area contributed by atoms with Gasteiger partial charge in [0, 0.05) is 63.1 Å². The van der Waals surface area contributed by atoms with Crippen molar-refractivity contribution in [2.24, 2.45) is 0 Å². The highest BCUT2D eigenvalue weighted by Gasteiger charge is 2.16. The van der Waals surface area contributed by atoms with E-state index in [1.807, 2.05) is 24.3 Å². The summed E-state index contributed by atoms with van der Waals surface area (Å²) in [4.78, 5) is 17.9. The molecule has 4 aromatic heterocycles. The highest BCUT2D eigenvalue weighted by Crippen LogP contribution is 2.38. The van der Waals surface area contributed by atoms with E-state index in [0.29, 0.717) is 11.6 Å². The highest BCUT2D eigenvalue weighted by atomic mass is 16.3. The number of rotatable bonds is 5. The van der Waals surface area contributed by atoms with Crippen molar-refractivity contribution in [2.75, 3.05) is 0 Å². The Balaban J connectivity index is 1.10. The van der Waals surface area contributed by atoms with E-state index >= 15 is 0 Å². The first-order valence-corrected chi connectivity index (χ1v) is 16.5. The second-order valence-electron chi connectivity index (χ2n) is 12.4. The number of hydrogen-bond acceptors (Lipinski definition) is 5. The van der Waals surface area contributed by atoms with Gasteiger partial charge >= 0.3 is 0 Å². The fourth-order valence-electron chi connectivity index (χ4n) is 7.07. The summed E-state index contributed by atoms with van der Waals surface area (Å²) in [6, 6.07) is 48.8. The van der Waals surface area contributed by atoms with Crippen LogP contribution < -0.4 is 0 Å². The van der Waals surface area contributed by atoms with E-state index in [1.165, 1.54) is 5.39 Å². The molecule has 50 heavy (non-hydrogen) atoms. The maximum absolute atomic E-state index is 6.22. The Morgan fingerprint density at radius 3 is 1.42 bits per heavy atom. The van der Waals surface area contributed by atoms with Crippen LogP contribution in [0.4, 0.5) is 0 Å². The van der Waals surface area contributed by atoms with Gasteiger partial charge in [-0.1, -0.05) is 48.5 Å². The summed E-state index contributed by atoms with van der Waals surface area (Å²) in [5.74, 6) is 1.41. The molecule has 234 valence electrons. The van der Waals surface area contributed by atoms with Crippen LogP contribution in [0.25, 0.3) is 94.5 Å². The second kappa shape index (κ2) is 11.4. The van der Waals surface area contributed by atoms with E-state index in [0.717, 1.165) is 77.4 Å². The maximum atomic E-state index is 6.22. The molecular formula is C44H27N5O. The molecule has 6 aromatic carbocycles. The molecule has 0 atom stereocenters. The van der Waals surface area contributed by atoms with Crippen molar-refractivity contribution in [3.8, 4) is 50.7 Å². The maximum Gasteiger partial charge on any atom is 0.159 e. The predicted octanol–water partition coefficient (Wildman–Crippen LogP) is 10.9. The minimum atomic E-state index is 0.695. The van der Waals surface area contributed by atoms with Crippen molar-refractivity contribution >= 4 is 43.7 Å². The van der Waals surface area contributed by atoms with Gasteiger partial charge in [-0.25, -0.2) is 19.9 Å². The van der Waals surface area contributed by atoms with Crippen LogP contribution in [0.5, 0.6) is 0 Å². The van der Waals surface area contributed by atoms with Gasteiger partial charge in [-0.15, -0.1) is 0 Å². The van der Waals surface area contributed by atoms with Crippen LogP contribution >= 0.6 is 0 Å². The lowest BCUT2D eigenvalue weighted by molar-refractivity contribution is 0.669. The quantitative estimate of drug-likeness (QED) is 0.187. The molecule has 0 unspecified atom stereocenters. The molecule has 6 nitrogen and oxygen atoms in total. The Hall–Kier alpha value is -6.92. The van der Waals surface area contributed by atoms with Crippen molar-refractivity contribution in [1.29, 1.82) is 0 Å². The summed E-state index contributed by atoms with van der Waals surface area (Å²) in [6.07, 6.45) is 7.10. The first-order valence-electron chi connectivity index (χ1n) is 16.5. The molecule has 0 fully saturated rings. The monoisotopic (exact) mass is 641 g/mol. The van der Waals surface area contributed by atoms with Gasteiger partial charge in [-0.3, -0.25) is 0 Å². The number of furan rings is 1. The van der Waals surface area contributed by atoms with E-state index in [2.05, 4.69) is 140 Å². The van der Waals surface area contributed by atoms with Crippen molar-refractivity contribution in [1.82, 2.24) is 24.5 Å². The number of benzene rings is 6. The van der Waals surface area contributed by atoms with E-state index in [4.69, 9.17) is 4.42 Å². The fraction of sp³-hybridized carbons (Fsp3) is 0. The summed E-state index contributed by atoms with van der Waals surface area (Å²) in [5, 5.41) is 4.44. The number of fused-ring (bicyclic) bond motifs is 6. The first-order chi connectivity index (χ1) is 24.8. The third-order valence-electron chi connectivity index (χ3n) is 9.43. The Morgan fingerprint density at radius 2 is 0.820 bits per heavy atom. The molecule has 0 N–H and O–H groups in total. The summed E-state index contributed by atoms with van der Waals surface area (Å²) in [6.45, 7) is 0. The molecule has 0 spiro atoms. The average molecular weight is 642 g/mol. The molecule has 0 amide bonds. The van der Waals surface area contributed by atoms with Crippen LogP contribution in [0.3, 0.4) is 0 Å². The molecular weight excluding hydrogens is 615 g/mol. The van der Waals surface area contributed by atoms with Crippen LogP contribution in [0, 0.1) is 0 Å². The summed E-state index contributed by atoms with van der Waals surface area (Å²) < 4.78 is 8.56. The van der Waals surface area contributed by atoms with E-state index < -0.39 is 0 Å². The van der Waals surface area contributed by atoms with Gasteiger partial charge in [0.1, 0.15) is 11.2 Å². The lowest BCUT2D eigenvalue weighted by Crippen LogP contribution is -1.93. The smallest absolute Gasteiger partial charge is 0.159 e. The summed E-state index contributed by atoms with van der Waals surface area (Å²) in [5.41, 5.74) is 11.6. The average Bonchev–Trinajstić information content (AvgIpc) is 3.73. The molecule has 0 bridgehead atoms. The minimum absolute atomic E-state index is 0.695. The number of nitrogens with zero attached hydrogens (tertiary/aromatic N) is 5. The molecule has 0 aliphatic rings. The van der Waals surface area contributed by atoms with E-state index in [-0.39, 0.29) is 0 Å². The Morgan fingerprint density at radius 1 is 0.360 bits per heavy atom. The van der Waals surface area contributed by atoms with Gasteiger partial charge in [0.15, 0.2) is 11.6 Å². The van der Waals surface area contributed by atoms with Crippen LogP contribution in [-0.2, 0) is 0 Å². The molecule has 0 saturated heterocycles. The van der Waals surface area contributed by atoms with E-state index in [9.17, 15) is 0 Å². The first kappa shape index (κ1) is 28.1. The molecule has 0 saturated carbocycles. The topological polar surface area (TPSA) is 69.6 Å². The van der Waals surface area contributed by atoms with Crippen LogP contribution in [0.15, 0.2) is 169 Å². The summed E-state index contributed by atoms with van der Waals surface area (Å²) in [7, 11) is 0. The van der Waals surface area contributed by atoms with Gasteiger partial charge < -0.3 is 8.98 Å². The molecule has 6 heteroatoms. The molecule has 0 radical (unpaired) electrons. The lowest BCUT2D eigenvalue weighted by atomic mass is 9.97. The van der Waals surface area contributed by atoms with Gasteiger partial charge in [0.2, 0.25) is 0 Å². The Labute approximate surface area is 287 Å². The lowest BCUT2D eigenvalue weighted by Gasteiger charge is -2.09. The number of hydrogen-bond donors (Lipinski definition) is 0. The van der Waals surface area contributed by atoms with Crippen molar-refractivity contribution in [3.63, 3.8) is 0 Å². The molecule has 10 rings (SSSR count). The molecule has 0 aliphatic carbocycles. The molecule has 10 aromatic rings. The molecule has 4 heterocycles. The predicted molar refractivity (Wildman–Crippen MR) is 201 cm³/mol. The molecule has 0 aliphatic heterocycles. The number of aromatic nitrogens is 5. The number of para-hydroxylation sites is 1. The zero-order valence-corrected chi connectivity index (χ0v) is 26.7. The zero-order chi connectivity index (χ0) is 33.0. The second-order valence-corrected chi connectivity index (χ2v) is 12.4. The van der Waals surface area contributed by atoms with E-state index in [1.54, 1.807) is 24.8 Å². The SMILES string of the molecule is c1ccc(-n2c3ccc(-c4cccc(-c5ccc6oc7ccc(-c8ncccn8)cc7c6c5)c4)cc3c3cc(-c4ncccn4)ccc32)cc1. The fourth-order valence-corrected chi connectivity index (χ4v) is 7.07. The van der Waals surface area contributed by atoms with Crippen LogP contribution in [0.1, 0.15) is 0 Å². The van der Waals surface area contributed by atoms with Gasteiger partial charge in [-0.2, -0.15) is 0 Å². The highest BCUT2D eigenvalue weighted by molar-refractivity contribution is 6.12. The van der Waals surface area contributed by atoms with Gasteiger partial charge in [0.25, 0.3) is 0 Å². The van der Waals surface area contributed by atoms with Crippen LogP contribution in [0.2, 0.25) is 0 Å². The zero-order valence-electron chi connectivity index (χ0n) is 26.7. The third-order valence-corrected chi connectivity index (χ3v) is 9.43. The Bertz CT molecular complexity index is 2860. The van der Waals surface area contributed by atoms with Gasteiger partial charge in [0.05, 0.1) is 11.0 Å². The van der Waals surface area contributed by atoms with Crippen molar-refractivity contribution in [2.45, 2.75) is 0 Å². The standard InChI is InChI=1S/C44H27N5O/c1-2-9-34(10-3-1)49-39-15-11-30(24-35(39)36-26-32(12-16-40(36)49)43-45-19-5-20-46-43)28-7-4-8-29(23-28)31-13-17-41-37(25-31)38-27-33(14-18-42(38)50-41)44-47-21-6-22-48-44/h1-27H. The third kappa shape index (κ3) is 4.65. The van der Waals surface area contributed by atoms with Crippen molar-refractivity contribution in [3.05, 3.63) is 164 Å². The van der Waals surface area contributed by atoms with Crippen molar-refractivity contribution < 1.29 is 4.42 Å².